The number of piperazine rings is 1. The standard InChI is InChI=1S/C28H31N3O2/c1-18-10-6-7-13-20(18)27-26-22(21-14-8-9-15-23(21)29-26)16-24-28(33)30(17-25(32)31(24)27)19-11-4-2-3-5-12-19/h6-10,13-15,19,24,27,29H,2-5,11-12,16-17H2,1H3/t24-,27+/m0/s1. The highest BCUT2D eigenvalue weighted by molar-refractivity contribution is 5.98. The summed E-state index contributed by atoms with van der Waals surface area (Å²) in [7, 11) is 0. The summed E-state index contributed by atoms with van der Waals surface area (Å²) in [6, 6.07) is 16.1. The largest absolute Gasteiger partial charge is 0.356 e. The molecule has 2 atom stereocenters. The number of nitrogens with one attached hydrogen (secondary N) is 1. The molecule has 3 aliphatic rings. The number of carbonyl (C=O) groups is 2. The lowest BCUT2D eigenvalue weighted by atomic mass is 9.84. The fourth-order valence-corrected chi connectivity index (χ4v) is 6.38. The summed E-state index contributed by atoms with van der Waals surface area (Å²) in [5.41, 5.74) is 5.55. The molecule has 33 heavy (non-hydrogen) atoms. The zero-order valence-corrected chi connectivity index (χ0v) is 19.2. The van der Waals surface area contributed by atoms with Crippen LogP contribution in [0.15, 0.2) is 48.5 Å². The zero-order chi connectivity index (χ0) is 22.5. The Labute approximate surface area is 194 Å². The average Bonchev–Trinajstić information content (AvgIpc) is 2.99. The number of rotatable bonds is 2. The number of fused-ring (bicyclic) bond motifs is 4. The van der Waals surface area contributed by atoms with Crippen LogP contribution in [0.4, 0.5) is 0 Å². The van der Waals surface area contributed by atoms with E-state index in [1.807, 2.05) is 28.0 Å². The second-order valence-corrected chi connectivity index (χ2v) is 9.95. The summed E-state index contributed by atoms with van der Waals surface area (Å²) < 4.78 is 0. The van der Waals surface area contributed by atoms with Gasteiger partial charge in [0.1, 0.15) is 12.6 Å². The van der Waals surface area contributed by atoms with Crippen LogP contribution in [-0.2, 0) is 16.0 Å². The van der Waals surface area contributed by atoms with Crippen molar-refractivity contribution in [3.05, 3.63) is 70.9 Å². The van der Waals surface area contributed by atoms with E-state index in [1.165, 1.54) is 18.4 Å². The fraction of sp³-hybridized carbons (Fsp3) is 0.429. The fourth-order valence-electron chi connectivity index (χ4n) is 6.38. The molecule has 2 aromatic carbocycles. The summed E-state index contributed by atoms with van der Waals surface area (Å²) in [5.74, 6) is 0.206. The van der Waals surface area contributed by atoms with Crippen molar-refractivity contribution < 1.29 is 9.59 Å². The number of carbonyl (C=O) groups excluding carboxylic acids is 2. The molecule has 6 rings (SSSR count). The van der Waals surface area contributed by atoms with Gasteiger partial charge in [-0.1, -0.05) is 68.1 Å². The van der Waals surface area contributed by atoms with Crippen LogP contribution in [0, 0.1) is 6.92 Å². The van der Waals surface area contributed by atoms with Crippen molar-refractivity contribution in [1.82, 2.24) is 14.8 Å². The molecule has 1 saturated carbocycles. The molecule has 0 unspecified atom stereocenters. The quantitative estimate of drug-likeness (QED) is 0.576. The van der Waals surface area contributed by atoms with Crippen LogP contribution in [0.1, 0.15) is 67.0 Å². The summed E-state index contributed by atoms with van der Waals surface area (Å²) in [6.45, 7) is 2.30. The van der Waals surface area contributed by atoms with E-state index in [1.54, 1.807) is 0 Å². The number of benzene rings is 2. The van der Waals surface area contributed by atoms with Gasteiger partial charge in [0, 0.05) is 29.1 Å². The minimum absolute atomic E-state index is 0.0707. The van der Waals surface area contributed by atoms with Crippen molar-refractivity contribution >= 4 is 22.7 Å². The van der Waals surface area contributed by atoms with E-state index in [-0.39, 0.29) is 30.4 Å². The minimum atomic E-state index is -0.439. The molecule has 2 fully saturated rings. The molecule has 0 spiro atoms. The van der Waals surface area contributed by atoms with Crippen LogP contribution in [0.2, 0.25) is 0 Å². The topological polar surface area (TPSA) is 56.4 Å². The Morgan fingerprint density at radius 1 is 0.909 bits per heavy atom. The maximum Gasteiger partial charge on any atom is 0.246 e. The van der Waals surface area contributed by atoms with Gasteiger partial charge in [0.15, 0.2) is 0 Å². The molecule has 1 aromatic heterocycles. The van der Waals surface area contributed by atoms with Gasteiger partial charge in [-0.15, -0.1) is 0 Å². The first-order valence-corrected chi connectivity index (χ1v) is 12.4. The molecule has 3 aromatic rings. The predicted octanol–water partition coefficient (Wildman–Crippen LogP) is 4.88. The lowest BCUT2D eigenvalue weighted by Gasteiger charge is -2.49. The Hall–Kier alpha value is -3.08. The SMILES string of the molecule is Cc1ccccc1[C@@H]1c2[nH]c3ccccc3c2C[C@H]2C(=O)N(C3CCCCCC3)CC(=O)N12. The van der Waals surface area contributed by atoms with Gasteiger partial charge in [-0.2, -0.15) is 0 Å². The molecule has 0 bridgehead atoms. The van der Waals surface area contributed by atoms with Gasteiger partial charge in [0.2, 0.25) is 11.8 Å². The molecule has 5 nitrogen and oxygen atoms in total. The number of para-hydroxylation sites is 1. The van der Waals surface area contributed by atoms with Crippen molar-refractivity contribution in [2.75, 3.05) is 6.54 Å². The van der Waals surface area contributed by atoms with Gasteiger partial charge in [-0.05, 0) is 42.5 Å². The number of amides is 2. The van der Waals surface area contributed by atoms with Gasteiger partial charge in [0.05, 0.1) is 6.04 Å². The van der Waals surface area contributed by atoms with E-state index in [2.05, 4.69) is 42.2 Å². The highest BCUT2D eigenvalue weighted by atomic mass is 16.2. The van der Waals surface area contributed by atoms with Crippen LogP contribution >= 0.6 is 0 Å². The smallest absolute Gasteiger partial charge is 0.246 e. The van der Waals surface area contributed by atoms with Gasteiger partial charge in [-0.25, -0.2) is 0 Å². The van der Waals surface area contributed by atoms with Gasteiger partial charge >= 0.3 is 0 Å². The number of hydrogen-bond donors (Lipinski definition) is 1. The number of aryl methyl sites for hydroxylation is 1. The van der Waals surface area contributed by atoms with E-state index in [4.69, 9.17) is 0 Å². The number of nitrogens with zero attached hydrogens (tertiary/aromatic N) is 2. The molecule has 3 heterocycles. The third-order valence-electron chi connectivity index (χ3n) is 8.04. The van der Waals surface area contributed by atoms with Gasteiger partial charge < -0.3 is 14.8 Å². The van der Waals surface area contributed by atoms with E-state index in [9.17, 15) is 9.59 Å². The molecule has 2 aliphatic heterocycles. The summed E-state index contributed by atoms with van der Waals surface area (Å²) in [4.78, 5) is 35.2. The number of aromatic amines is 1. The predicted molar refractivity (Wildman–Crippen MR) is 129 cm³/mol. The first-order valence-electron chi connectivity index (χ1n) is 12.4. The van der Waals surface area contributed by atoms with Crippen molar-refractivity contribution in [1.29, 1.82) is 0 Å². The van der Waals surface area contributed by atoms with Crippen LogP contribution in [-0.4, -0.2) is 45.2 Å². The second-order valence-electron chi connectivity index (χ2n) is 9.95. The lowest BCUT2D eigenvalue weighted by molar-refractivity contribution is -0.161. The Balaban J connectivity index is 1.48. The maximum absolute atomic E-state index is 14.0. The van der Waals surface area contributed by atoms with Crippen LogP contribution < -0.4 is 0 Å². The number of aromatic nitrogens is 1. The van der Waals surface area contributed by atoms with Crippen molar-refractivity contribution in [2.24, 2.45) is 0 Å². The Morgan fingerprint density at radius 2 is 1.64 bits per heavy atom. The van der Waals surface area contributed by atoms with E-state index >= 15 is 0 Å². The molecule has 2 amide bonds. The molecular formula is C28H31N3O2. The minimum Gasteiger partial charge on any atom is -0.356 e. The second kappa shape index (κ2) is 8.05. The van der Waals surface area contributed by atoms with E-state index < -0.39 is 6.04 Å². The van der Waals surface area contributed by atoms with E-state index in [0.29, 0.717) is 6.42 Å². The van der Waals surface area contributed by atoms with E-state index in [0.717, 1.165) is 53.4 Å². The van der Waals surface area contributed by atoms with Crippen LogP contribution in [0.3, 0.4) is 0 Å². The molecule has 1 N–H and O–H groups in total. The van der Waals surface area contributed by atoms with Crippen LogP contribution in [0.25, 0.3) is 10.9 Å². The average molecular weight is 442 g/mol. The van der Waals surface area contributed by atoms with Crippen LogP contribution in [0.5, 0.6) is 0 Å². The highest BCUT2D eigenvalue weighted by Gasteiger charge is 2.49. The summed E-state index contributed by atoms with van der Waals surface area (Å²) in [6.07, 6.45) is 7.38. The summed E-state index contributed by atoms with van der Waals surface area (Å²) >= 11 is 0. The monoisotopic (exact) mass is 441 g/mol. The first kappa shape index (κ1) is 20.5. The zero-order valence-electron chi connectivity index (χ0n) is 19.2. The number of hydrogen-bond acceptors (Lipinski definition) is 2. The molecule has 0 radical (unpaired) electrons. The Morgan fingerprint density at radius 3 is 2.42 bits per heavy atom. The molecule has 5 heteroatoms. The highest BCUT2D eigenvalue weighted by Crippen LogP contribution is 2.43. The molecular weight excluding hydrogens is 410 g/mol. The lowest BCUT2D eigenvalue weighted by Crippen LogP contribution is -2.64. The third kappa shape index (κ3) is 3.28. The molecule has 1 aliphatic carbocycles. The van der Waals surface area contributed by atoms with Crippen molar-refractivity contribution in [3.8, 4) is 0 Å². The maximum atomic E-state index is 14.0. The van der Waals surface area contributed by atoms with Crippen molar-refractivity contribution in [2.45, 2.75) is 70.0 Å². The van der Waals surface area contributed by atoms with Gasteiger partial charge in [-0.3, -0.25) is 9.59 Å². The Kier molecular flexibility index (Phi) is 5.01. The molecule has 1 saturated heterocycles. The third-order valence-corrected chi connectivity index (χ3v) is 8.04. The Bertz CT molecular complexity index is 1220. The molecule has 170 valence electrons. The normalized spacial score (nSPS) is 24.0. The number of H-pyrrole nitrogens is 1. The van der Waals surface area contributed by atoms with Crippen molar-refractivity contribution in [3.63, 3.8) is 0 Å². The first-order chi connectivity index (χ1) is 16.1. The summed E-state index contributed by atoms with van der Waals surface area (Å²) in [5, 5.41) is 1.16. The van der Waals surface area contributed by atoms with Gasteiger partial charge in [0.25, 0.3) is 0 Å².